The van der Waals surface area contributed by atoms with Gasteiger partial charge in [-0.2, -0.15) is 15.0 Å². The third kappa shape index (κ3) is 4.95. The van der Waals surface area contributed by atoms with E-state index in [9.17, 15) is 13.6 Å². The smallest absolute Gasteiger partial charge is 0.273 e. The number of carbonyl (C=O) groups is 1. The van der Waals surface area contributed by atoms with E-state index in [-0.39, 0.29) is 22.9 Å². The number of alkyl halides is 2. The molecule has 2 heterocycles. The monoisotopic (exact) mass is 446 g/mol. The van der Waals surface area contributed by atoms with Crippen LogP contribution in [0.15, 0.2) is 36.9 Å². The zero-order chi connectivity index (χ0) is 23.5. The minimum atomic E-state index is -3.00. The molecule has 0 fully saturated rings. The molecule has 3 aromatic rings. The molecule has 32 heavy (non-hydrogen) atoms. The Morgan fingerprint density at radius 3 is 2.38 bits per heavy atom. The lowest BCUT2D eigenvalue weighted by Crippen LogP contribution is -2.40. The zero-order valence-corrected chi connectivity index (χ0v) is 18.4. The van der Waals surface area contributed by atoms with E-state index >= 15 is 4.39 Å². The number of carbonyl (C=O) groups excluding carboxylic acids is 1. The summed E-state index contributed by atoms with van der Waals surface area (Å²) in [5.74, 6) is -3.70. The Kier molecular flexibility index (Phi) is 6.90. The molecule has 10 heteroatoms. The lowest BCUT2D eigenvalue weighted by molar-refractivity contribution is 0.0166. The number of nitrogens with zero attached hydrogens (tertiary/aromatic N) is 6. The standard InChI is InChI=1S/C22H25F3N6O/c1-5-30(15(3)7-9-18-26-12-16(13-27-18)22(4,24)25)21(32)19-17(31-28-10-11-29-31)8-6-14(2)20(19)23/h6,8,10-13,15H,5,7,9H2,1-4H3/t15-/m0/s1. The molecular formula is C22H25F3N6O. The molecule has 0 aliphatic rings. The minimum Gasteiger partial charge on any atom is -0.336 e. The summed E-state index contributed by atoms with van der Waals surface area (Å²) in [6.07, 6.45) is 5.98. The number of amides is 1. The predicted octanol–water partition coefficient (Wildman–Crippen LogP) is 4.10. The molecule has 0 radical (unpaired) electrons. The van der Waals surface area contributed by atoms with Gasteiger partial charge < -0.3 is 4.90 Å². The van der Waals surface area contributed by atoms with Crippen molar-refractivity contribution in [2.45, 2.75) is 52.5 Å². The van der Waals surface area contributed by atoms with Crippen molar-refractivity contribution in [3.05, 3.63) is 65.3 Å². The molecular weight excluding hydrogens is 421 g/mol. The van der Waals surface area contributed by atoms with E-state index in [4.69, 9.17) is 0 Å². The molecule has 0 saturated carbocycles. The molecule has 170 valence electrons. The first-order valence-electron chi connectivity index (χ1n) is 10.3. The number of hydrogen-bond acceptors (Lipinski definition) is 5. The van der Waals surface area contributed by atoms with E-state index in [0.717, 1.165) is 19.3 Å². The van der Waals surface area contributed by atoms with Crippen LogP contribution in [-0.4, -0.2) is 48.4 Å². The normalized spacial score (nSPS) is 12.6. The van der Waals surface area contributed by atoms with Crippen LogP contribution in [0.2, 0.25) is 0 Å². The van der Waals surface area contributed by atoms with E-state index in [2.05, 4.69) is 20.2 Å². The molecule has 7 nitrogen and oxygen atoms in total. The van der Waals surface area contributed by atoms with Crippen molar-refractivity contribution in [1.82, 2.24) is 29.9 Å². The Labute approximate surface area is 184 Å². The van der Waals surface area contributed by atoms with Crippen LogP contribution in [-0.2, 0) is 12.3 Å². The lowest BCUT2D eigenvalue weighted by atomic mass is 10.0. The Morgan fingerprint density at radius 2 is 1.81 bits per heavy atom. The summed E-state index contributed by atoms with van der Waals surface area (Å²) in [4.78, 5) is 24.2. The van der Waals surface area contributed by atoms with Crippen LogP contribution in [0.5, 0.6) is 0 Å². The van der Waals surface area contributed by atoms with Crippen molar-refractivity contribution < 1.29 is 18.0 Å². The molecule has 0 aliphatic carbocycles. The fourth-order valence-corrected chi connectivity index (χ4v) is 3.38. The number of aromatic nitrogens is 5. The van der Waals surface area contributed by atoms with Gasteiger partial charge in [0.25, 0.3) is 11.8 Å². The van der Waals surface area contributed by atoms with E-state index < -0.39 is 17.6 Å². The fourth-order valence-electron chi connectivity index (χ4n) is 3.38. The topological polar surface area (TPSA) is 76.8 Å². The van der Waals surface area contributed by atoms with Crippen molar-refractivity contribution in [3.8, 4) is 5.69 Å². The van der Waals surface area contributed by atoms with E-state index in [1.807, 2.05) is 13.8 Å². The van der Waals surface area contributed by atoms with E-state index in [0.29, 0.717) is 30.8 Å². The highest BCUT2D eigenvalue weighted by atomic mass is 19.3. The Morgan fingerprint density at radius 1 is 1.19 bits per heavy atom. The first-order chi connectivity index (χ1) is 15.1. The maximum absolute atomic E-state index is 15.1. The summed E-state index contributed by atoms with van der Waals surface area (Å²) in [5.41, 5.74) is 0.248. The third-order valence-electron chi connectivity index (χ3n) is 5.29. The number of aryl methyl sites for hydroxylation is 2. The van der Waals surface area contributed by atoms with E-state index in [1.165, 1.54) is 17.2 Å². The maximum Gasteiger partial charge on any atom is 0.273 e. The van der Waals surface area contributed by atoms with Crippen LogP contribution in [0.25, 0.3) is 5.69 Å². The molecule has 1 aromatic carbocycles. The average Bonchev–Trinajstić information content (AvgIpc) is 3.29. The van der Waals surface area contributed by atoms with Crippen LogP contribution < -0.4 is 0 Å². The Hall–Kier alpha value is -3.30. The molecule has 0 aliphatic heterocycles. The predicted molar refractivity (Wildman–Crippen MR) is 112 cm³/mol. The molecule has 2 aromatic heterocycles. The first-order valence-corrected chi connectivity index (χ1v) is 10.3. The SMILES string of the molecule is CCN(C(=O)c1c(-n2nccn2)ccc(C)c1F)[C@@H](C)CCc1ncc(C(C)(F)F)cn1. The van der Waals surface area contributed by atoms with Gasteiger partial charge in [0, 0.05) is 38.3 Å². The number of rotatable bonds is 8. The summed E-state index contributed by atoms with van der Waals surface area (Å²) in [7, 11) is 0. The van der Waals surface area contributed by atoms with Crippen LogP contribution >= 0.6 is 0 Å². The van der Waals surface area contributed by atoms with Gasteiger partial charge in [0.1, 0.15) is 22.9 Å². The van der Waals surface area contributed by atoms with Crippen molar-refractivity contribution in [3.63, 3.8) is 0 Å². The first kappa shape index (κ1) is 23.4. The second-order valence-corrected chi connectivity index (χ2v) is 7.66. The van der Waals surface area contributed by atoms with Gasteiger partial charge in [0.2, 0.25) is 0 Å². The maximum atomic E-state index is 15.1. The summed E-state index contributed by atoms with van der Waals surface area (Å²) < 4.78 is 41.7. The van der Waals surface area contributed by atoms with Crippen LogP contribution in [0, 0.1) is 12.7 Å². The average molecular weight is 446 g/mol. The molecule has 0 saturated heterocycles. The molecule has 0 spiro atoms. The largest absolute Gasteiger partial charge is 0.336 e. The zero-order valence-electron chi connectivity index (χ0n) is 18.4. The van der Waals surface area contributed by atoms with Gasteiger partial charge in [-0.25, -0.2) is 23.1 Å². The van der Waals surface area contributed by atoms with Crippen LogP contribution in [0.4, 0.5) is 13.2 Å². The molecule has 3 rings (SSSR count). The molecule has 1 atom stereocenters. The third-order valence-corrected chi connectivity index (χ3v) is 5.29. The van der Waals surface area contributed by atoms with Gasteiger partial charge in [-0.05, 0) is 38.8 Å². The van der Waals surface area contributed by atoms with Crippen molar-refractivity contribution in [1.29, 1.82) is 0 Å². The molecule has 0 N–H and O–H groups in total. The molecule has 0 unspecified atom stereocenters. The number of benzene rings is 1. The summed E-state index contributed by atoms with van der Waals surface area (Å²) in [6, 6.07) is 2.91. The van der Waals surface area contributed by atoms with Gasteiger partial charge in [-0.1, -0.05) is 6.07 Å². The lowest BCUT2D eigenvalue weighted by Gasteiger charge is -2.29. The highest BCUT2D eigenvalue weighted by Crippen LogP contribution is 2.26. The quantitative estimate of drug-likeness (QED) is 0.521. The number of hydrogen-bond donors (Lipinski definition) is 0. The highest BCUT2D eigenvalue weighted by Gasteiger charge is 2.28. The second-order valence-electron chi connectivity index (χ2n) is 7.66. The van der Waals surface area contributed by atoms with Crippen molar-refractivity contribution in [2.24, 2.45) is 0 Å². The van der Waals surface area contributed by atoms with Crippen LogP contribution in [0.3, 0.4) is 0 Å². The molecule has 0 bridgehead atoms. The van der Waals surface area contributed by atoms with Crippen LogP contribution in [0.1, 0.15) is 54.5 Å². The van der Waals surface area contributed by atoms with Gasteiger partial charge in [0.15, 0.2) is 0 Å². The van der Waals surface area contributed by atoms with Crippen molar-refractivity contribution in [2.75, 3.05) is 6.54 Å². The summed E-state index contributed by atoms with van der Waals surface area (Å²) >= 11 is 0. The van der Waals surface area contributed by atoms with Gasteiger partial charge in [0.05, 0.1) is 18.0 Å². The van der Waals surface area contributed by atoms with E-state index in [1.54, 1.807) is 24.0 Å². The van der Waals surface area contributed by atoms with Crippen molar-refractivity contribution >= 4 is 5.91 Å². The Balaban J connectivity index is 1.80. The molecule has 1 amide bonds. The highest BCUT2D eigenvalue weighted by molar-refractivity contribution is 5.98. The second kappa shape index (κ2) is 9.46. The van der Waals surface area contributed by atoms with Gasteiger partial charge in [-0.3, -0.25) is 4.79 Å². The van der Waals surface area contributed by atoms with Gasteiger partial charge >= 0.3 is 0 Å². The summed E-state index contributed by atoms with van der Waals surface area (Å²) in [6.45, 7) is 6.38. The summed E-state index contributed by atoms with van der Waals surface area (Å²) in [5, 5.41) is 8.06. The minimum absolute atomic E-state index is 0.0966. The fraction of sp³-hybridized carbons (Fsp3) is 0.409. The Bertz CT molecular complexity index is 1060. The van der Waals surface area contributed by atoms with Gasteiger partial charge in [-0.15, -0.1) is 0 Å². The number of halogens is 3.